The lowest BCUT2D eigenvalue weighted by Crippen LogP contribution is -2.12. The predicted octanol–water partition coefficient (Wildman–Crippen LogP) is 4.17. The van der Waals surface area contributed by atoms with Crippen molar-refractivity contribution in [2.45, 2.75) is 71.6 Å². The quantitative estimate of drug-likeness (QED) is 0.321. The molecule has 0 saturated heterocycles. The zero-order valence-corrected chi connectivity index (χ0v) is 14.7. The van der Waals surface area contributed by atoms with Crippen LogP contribution in [0.2, 0.25) is 0 Å². The van der Waals surface area contributed by atoms with Gasteiger partial charge in [0.1, 0.15) is 0 Å². The Hall–Kier alpha value is -0.390. The van der Waals surface area contributed by atoms with Crippen LogP contribution < -0.4 is 5.73 Å². The summed E-state index contributed by atoms with van der Waals surface area (Å²) in [5.41, 5.74) is 4.91. The van der Waals surface area contributed by atoms with Gasteiger partial charge in [0.05, 0.1) is 5.75 Å². The molecule has 5 heteroatoms. The highest BCUT2D eigenvalue weighted by Crippen LogP contribution is 2.14. The van der Waals surface area contributed by atoms with Crippen molar-refractivity contribution in [3.05, 3.63) is 12.7 Å². The largest absolute Gasteiger partial charge is 0.327 e. The van der Waals surface area contributed by atoms with Gasteiger partial charge < -0.3 is 5.73 Å². The monoisotopic (exact) mass is 321 g/mol. The Morgan fingerprint density at radius 1 is 1.10 bits per heavy atom. The Morgan fingerprint density at radius 2 is 1.52 bits per heavy atom. The van der Waals surface area contributed by atoms with Crippen molar-refractivity contribution in [1.82, 2.24) is 0 Å². The minimum Gasteiger partial charge on any atom is -0.327 e. The van der Waals surface area contributed by atoms with Gasteiger partial charge in [-0.05, 0) is 12.3 Å². The number of hydrogen-bond donors (Lipinski definition) is 2. The molecule has 0 spiro atoms. The van der Waals surface area contributed by atoms with Crippen LogP contribution in [0.15, 0.2) is 12.7 Å². The molecule has 0 aromatic heterocycles. The van der Waals surface area contributed by atoms with Crippen LogP contribution in [-0.4, -0.2) is 25.3 Å². The van der Waals surface area contributed by atoms with Crippen molar-refractivity contribution in [2.75, 3.05) is 12.3 Å². The van der Waals surface area contributed by atoms with Crippen LogP contribution >= 0.6 is 0 Å². The second kappa shape index (κ2) is 16.0. The molecule has 0 bridgehead atoms. The average molecular weight is 322 g/mol. The van der Waals surface area contributed by atoms with Gasteiger partial charge in [0.15, 0.2) is 0 Å². The lowest BCUT2D eigenvalue weighted by molar-refractivity contribution is 0.454. The van der Waals surface area contributed by atoms with Gasteiger partial charge >= 0.3 is 0 Å². The van der Waals surface area contributed by atoms with E-state index in [0.29, 0.717) is 6.54 Å². The second-order valence-corrected chi connectivity index (χ2v) is 7.14. The Balaban J connectivity index is 0. The summed E-state index contributed by atoms with van der Waals surface area (Å²) < 4.78 is 29.9. The average Bonchev–Trinajstić information content (AvgIpc) is 2.40. The van der Waals surface area contributed by atoms with E-state index < -0.39 is 10.1 Å². The Kier molecular flexibility index (Phi) is 17.4. The van der Waals surface area contributed by atoms with Gasteiger partial charge in [-0.25, -0.2) is 0 Å². The van der Waals surface area contributed by atoms with Crippen LogP contribution in [-0.2, 0) is 10.1 Å². The number of rotatable bonds is 12. The summed E-state index contributed by atoms with van der Waals surface area (Å²) in [6, 6.07) is 0. The predicted molar refractivity (Wildman–Crippen MR) is 92.1 cm³/mol. The molecular formula is C16H35NO3S. The van der Waals surface area contributed by atoms with Crippen molar-refractivity contribution < 1.29 is 13.0 Å². The highest BCUT2D eigenvalue weighted by Gasteiger charge is 2.11. The minimum atomic E-state index is -3.78. The van der Waals surface area contributed by atoms with E-state index >= 15 is 0 Å². The van der Waals surface area contributed by atoms with Crippen molar-refractivity contribution in [3.63, 3.8) is 0 Å². The summed E-state index contributed by atoms with van der Waals surface area (Å²) in [6.45, 7) is 8.04. The molecule has 0 aliphatic carbocycles. The molecule has 0 fully saturated rings. The molecule has 0 radical (unpaired) electrons. The van der Waals surface area contributed by atoms with Crippen molar-refractivity contribution in [2.24, 2.45) is 11.7 Å². The first-order valence-corrected chi connectivity index (χ1v) is 9.74. The fraction of sp³-hybridized carbons (Fsp3) is 0.875. The summed E-state index contributed by atoms with van der Waals surface area (Å²) in [5, 5.41) is 0. The third-order valence-corrected chi connectivity index (χ3v) is 4.20. The van der Waals surface area contributed by atoms with Crippen LogP contribution in [0.1, 0.15) is 71.6 Å². The number of hydrogen-bond acceptors (Lipinski definition) is 3. The molecule has 21 heavy (non-hydrogen) atoms. The third-order valence-electron chi connectivity index (χ3n) is 3.21. The fourth-order valence-corrected chi connectivity index (χ4v) is 2.96. The minimum absolute atomic E-state index is 0.0742. The van der Waals surface area contributed by atoms with Crippen molar-refractivity contribution >= 4 is 10.1 Å². The first-order valence-electron chi connectivity index (χ1n) is 8.13. The maximum Gasteiger partial charge on any atom is 0.265 e. The zero-order valence-electron chi connectivity index (χ0n) is 13.9. The van der Waals surface area contributed by atoms with E-state index in [1.165, 1.54) is 44.9 Å². The van der Waals surface area contributed by atoms with Gasteiger partial charge in [0.2, 0.25) is 0 Å². The lowest BCUT2D eigenvalue weighted by atomic mass is 10.0. The molecule has 0 heterocycles. The molecule has 0 aliphatic heterocycles. The third kappa shape index (κ3) is 25.0. The summed E-state index contributed by atoms with van der Waals surface area (Å²) in [5.74, 6) is -0.0196. The molecule has 0 rings (SSSR count). The maximum absolute atomic E-state index is 10.6. The van der Waals surface area contributed by atoms with E-state index in [1.54, 1.807) is 6.08 Å². The van der Waals surface area contributed by atoms with Crippen molar-refractivity contribution in [3.8, 4) is 0 Å². The van der Waals surface area contributed by atoms with Gasteiger partial charge in [0, 0.05) is 6.54 Å². The van der Waals surface area contributed by atoms with Crippen LogP contribution in [0.5, 0.6) is 0 Å². The number of nitrogens with two attached hydrogens (primary N) is 1. The van der Waals surface area contributed by atoms with E-state index in [0.717, 1.165) is 12.8 Å². The van der Waals surface area contributed by atoms with E-state index in [1.807, 2.05) is 6.92 Å². The molecule has 0 saturated carbocycles. The molecule has 3 N–H and O–H groups in total. The van der Waals surface area contributed by atoms with Crippen LogP contribution in [0, 0.1) is 5.92 Å². The maximum atomic E-state index is 10.6. The standard InChI is InChI=1S/C13H28O3S.C3H7N/c1-3-4-5-6-7-8-9-10-11-13(2)12-17(14,15)16;1-2-3-4/h13H,3-12H2,1-2H3,(H,14,15,16);2H,1,3-4H2. The normalized spacial score (nSPS) is 12.4. The SMILES string of the molecule is C=CCN.CCCCCCCCCCC(C)CS(=O)(=O)O. The summed E-state index contributed by atoms with van der Waals surface area (Å²) in [4.78, 5) is 0. The molecule has 128 valence electrons. The van der Waals surface area contributed by atoms with E-state index in [2.05, 4.69) is 13.5 Å². The molecular weight excluding hydrogens is 286 g/mol. The fourth-order valence-electron chi connectivity index (χ4n) is 2.07. The Morgan fingerprint density at radius 3 is 1.90 bits per heavy atom. The van der Waals surface area contributed by atoms with Gasteiger partial charge in [-0.3, -0.25) is 4.55 Å². The van der Waals surface area contributed by atoms with Gasteiger partial charge in [0.25, 0.3) is 10.1 Å². The summed E-state index contributed by atoms with van der Waals surface area (Å²) in [6.07, 6.45) is 12.7. The van der Waals surface area contributed by atoms with Gasteiger partial charge in [-0.15, -0.1) is 6.58 Å². The zero-order chi connectivity index (χ0) is 16.6. The summed E-state index contributed by atoms with van der Waals surface area (Å²) in [7, 11) is -3.78. The van der Waals surface area contributed by atoms with E-state index in [-0.39, 0.29) is 11.7 Å². The van der Waals surface area contributed by atoms with E-state index in [9.17, 15) is 8.42 Å². The lowest BCUT2D eigenvalue weighted by Gasteiger charge is -2.08. The molecule has 1 unspecified atom stereocenters. The van der Waals surface area contributed by atoms with Crippen molar-refractivity contribution in [1.29, 1.82) is 0 Å². The van der Waals surface area contributed by atoms with E-state index in [4.69, 9.17) is 10.3 Å². The first-order chi connectivity index (χ1) is 9.87. The highest BCUT2D eigenvalue weighted by molar-refractivity contribution is 7.85. The molecule has 4 nitrogen and oxygen atoms in total. The number of unbranched alkanes of at least 4 members (excludes halogenated alkanes) is 7. The molecule has 0 amide bonds. The van der Waals surface area contributed by atoms with Crippen LogP contribution in [0.4, 0.5) is 0 Å². The Labute approximate surface area is 131 Å². The molecule has 0 aliphatic rings. The molecule has 1 atom stereocenters. The smallest absolute Gasteiger partial charge is 0.265 e. The molecule has 0 aromatic carbocycles. The second-order valence-electron chi connectivity index (χ2n) is 5.64. The van der Waals surface area contributed by atoms with Gasteiger partial charge in [-0.1, -0.05) is 71.3 Å². The summed E-state index contributed by atoms with van der Waals surface area (Å²) >= 11 is 0. The highest BCUT2D eigenvalue weighted by atomic mass is 32.2. The van der Waals surface area contributed by atoms with Crippen LogP contribution in [0.3, 0.4) is 0 Å². The molecule has 0 aromatic rings. The topological polar surface area (TPSA) is 80.4 Å². The first kappa shape index (κ1) is 22.9. The Bertz CT molecular complexity index is 315. The van der Waals surface area contributed by atoms with Crippen LogP contribution in [0.25, 0.3) is 0 Å². The van der Waals surface area contributed by atoms with Gasteiger partial charge in [-0.2, -0.15) is 8.42 Å².